The maximum absolute atomic E-state index is 12.7. The minimum atomic E-state index is -4.54. The number of carbonyl (C=O) groups excluding carboxylic acids is 1. The summed E-state index contributed by atoms with van der Waals surface area (Å²) in [6, 6.07) is 6.57. The number of hydrogen-bond acceptors (Lipinski definition) is 4. The van der Waals surface area contributed by atoms with Gasteiger partial charge in [0, 0.05) is 11.9 Å². The summed E-state index contributed by atoms with van der Waals surface area (Å²) < 4.78 is 38.2. The molecule has 1 N–H and O–H groups in total. The van der Waals surface area contributed by atoms with Crippen molar-refractivity contribution in [2.75, 3.05) is 5.32 Å². The maximum Gasteiger partial charge on any atom is 0.433 e. The van der Waals surface area contributed by atoms with Crippen molar-refractivity contribution in [2.45, 2.75) is 50.2 Å². The molecule has 1 atom stereocenters. The summed E-state index contributed by atoms with van der Waals surface area (Å²) in [6.07, 6.45) is -3.50. The van der Waals surface area contributed by atoms with E-state index in [-0.39, 0.29) is 17.0 Å². The van der Waals surface area contributed by atoms with E-state index < -0.39 is 17.1 Å². The molecule has 1 heterocycles. The van der Waals surface area contributed by atoms with Gasteiger partial charge in [0.2, 0.25) is 5.91 Å². The molecular weight excluding hydrogens is 363 g/mol. The molecule has 1 unspecified atom stereocenters. The number of thioether (sulfide) groups is 1. The smallest absolute Gasteiger partial charge is 0.325 e. The van der Waals surface area contributed by atoms with Gasteiger partial charge in [0.05, 0.1) is 5.25 Å². The van der Waals surface area contributed by atoms with Gasteiger partial charge in [-0.25, -0.2) is 9.97 Å². The molecule has 0 aliphatic carbocycles. The molecule has 0 aliphatic rings. The van der Waals surface area contributed by atoms with Gasteiger partial charge in [-0.3, -0.25) is 4.79 Å². The van der Waals surface area contributed by atoms with Gasteiger partial charge in [-0.2, -0.15) is 13.2 Å². The van der Waals surface area contributed by atoms with Gasteiger partial charge in [0.1, 0.15) is 5.69 Å². The molecule has 1 aromatic heterocycles. The van der Waals surface area contributed by atoms with Crippen molar-refractivity contribution in [3.63, 3.8) is 0 Å². The maximum atomic E-state index is 12.7. The van der Waals surface area contributed by atoms with E-state index in [0.29, 0.717) is 0 Å². The third-order valence-corrected chi connectivity index (χ3v) is 4.73. The Hall–Kier alpha value is -2.09. The fourth-order valence-corrected chi connectivity index (χ4v) is 3.09. The lowest BCUT2D eigenvalue weighted by atomic mass is 9.98. The van der Waals surface area contributed by atoms with Crippen LogP contribution < -0.4 is 5.32 Å². The van der Waals surface area contributed by atoms with Gasteiger partial charge in [-0.1, -0.05) is 43.8 Å². The van der Waals surface area contributed by atoms with E-state index in [1.807, 2.05) is 39.0 Å². The normalized spacial score (nSPS) is 12.9. The highest BCUT2D eigenvalue weighted by Crippen LogP contribution is 2.31. The first-order chi connectivity index (χ1) is 12.1. The number of alkyl halides is 3. The van der Waals surface area contributed by atoms with Crippen LogP contribution in [0.2, 0.25) is 0 Å². The summed E-state index contributed by atoms with van der Waals surface area (Å²) >= 11 is 0.887. The number of halogens is 3. The molecule has 8 heteroatoms. The van der Waals surface area contributed by atoms with Gasteiger partial charge in [-0.15, -0.1) is 0 Å². The van der Waals surface area contributed by atoms with Crippen molar-refractivity contribution >= 4 is 23.4 Å². The van der Waals surface area contributed by atoms with Crippen LogP contribution in [0.25, 0.3) is 0 Å². The SMILES string of the molecule is Cc1cccc(C(C)C)c1NC(=O)C(C)Sc1nccc(C(F)(F)F)n1. The summed E-state index contributed by atoms with van der Waals surface area (Å²) in [7, 11) is 0. The minimum Gasteiger partial charge on any atom is -0.325 e. The first kappa shape index (κ1) is 20.2. The van der Waals surface area contributed by atoms with Crippen LogP contribution in [0.4, 0.5) is 18.9 Å². The molecule has 0 radical (unpaired) electrons. The second-order valence-corrected chi connectivity index (χ2v) is 7.47. The number of para-hydroxylation sites is 1. The molecule has 0 aliphatic heterocycles. The number of anilines is 1. The Labute approximate surface area is 154 Å². The lowest BCUT2D eigenvalue weighted by Gasteiger charge is -2.18. The second kappa shape index (κ2) is 8.07. The first-order valence-corrected chi connectivity index (χ1v) is 8.94. The average Bonchev–Trinajstić information content (AvgIpc) is 2.55. The highest BCUT2D eigenvalue weighted by atomic mass is 32.2. The second-order valence-electron chi connectivity index (χ2n) is 6.17. The van der Waals surface area contributed by atoms with Crippen LogP contribution in [0.3, 0.4) is 0 Å². The van der Waals surface area contributed by atoms with E-state index in [1.54, 1.807) is 6.92 Å². The van der Waals surface area contributed by atoms with Crippen LogP contribution in [0.15, 0.2) is 35.6 Å². The Morgan fingerprint density at radius 2 is 1.88 bits per heavy atom. The summed E-state index contributed by atoms with van der Waals surface area (Å²) in [5, 5.41) is 2.15. The van der Waals surface area contributed by atoms with E-state index in [4.69, 9.17) is 0 Å². The molecule has 1 amide bonds. The van der Waals surface area contributed by atoms with Gasteiger partial charge in [0.25, 0.3) is 0 Å². The largest absolute Gasteiger partial charge is 0.433 e. The number of nitrogens with one attached hydrogen (secondary N) is 1. The Morgan fingerprint density at radius 1 is 1.19 bits per heavy atom. The molecule has 4 nitrogen and oxygen atoms in total. The molecule has 1 aromatic carbocycles. The standard InChI is InChI=1S/C18H20F3N3OS/c1-10(2)13-7-5-6-11(3)15(13)24-16(25)12(4)26-17-22-9-8-14(23-17)18(19,20)21/h5-10,12H,1-4H3,(H,24,25). The summed E-state index contributed by atoms with van der Waals surface area (Å²) in [5.41, 5.74) is 1.65. The number of benzene rings is 1. The van der Waals surface area contributed by atoms with Crippen molar-refractivity contribution < 1.29 is 18.0 Å². The first-order valence-electron chi connectivity index (χ1n) is 8.07. The zero-order valence-corrected chi connectivity index (χ0v) is 15.7. The molecule has 2 aromatic rings. The average molecular weight is 383 g/mol. The minimum absolute atomic E-state index is 0.0867. The van der Waals surface area contributed by atoms with Crippen molar-refractivity contribution in [2.24, 2.45) is 0 Å². The van der Waals surface area contributed by atoms with Crippen LogP contribution >= 0.6 is 11.8 Å². The highest BCUT2D eigenvalue weighted by molar-refractivity contribution is 8.00. The van der Waals surface area contributed by atoms with Gasteiger partial charge < -0.3 is 5.32 Å². The predicted molar refractivity (Wildman–Crippen MR) is 96.3 cm³/mol. The molecule has 0 bridgehead atoms. The van der Waals surface area contributed by atoms with Crippen LogP contribution in [0.1, 0.15) is 43.5 Å². The summed E-state index contributed by atoms with van der Waals surface area (Å²) in [5.74, 6) is -0.0906. The fourth-order valence-electron chi connectivity index (χ4n) is 2.33. The number of hydrogen-bond donors (Lipinski definition) is 1. The molecular formula is C18H20F3N3OS. The lowest BCUT2D eigenvalue weighted by molar-refractivity contribution is -0.141. The van der Waals surface area contributed by atoms with Crippen molar-refractivity contribution in [1.82, 2.24) is 9.97 Å². The monoisotopic (exact) mass is 383 g/mol. The number of aryl methyl sites for hydroxylation is 1. The fraction of sp³-hybridized carbons (Fsp3) is 0.389. The number of nitrogens with zero attached hydrogens (tertiary/aromatic N) is 2. The molecule has 140 valence electrons. The Balaban J connectivity index is 2.15. The Morgan fingerprint density at radius 3 is 2.50 bits per heavy atom. The van der Waals surface area contributed by atoms with Gasteiger partial charge >= 0.3 is 6.18 Å². The highest BCUT2D eigenvalue weighted by Gasteiger charge is 2.33. The van der Waals surface area contributed by atoms with E-state index >= 15 is 0 Å². The molecule has 26 heavy (non-hydrogen) atoms. The zero-order chi connectivity index (χ0) is 19.5. The third kappa shape index (κ3) is 4.97. The van der Waals surface area contributed by atoms with Crippen molar-refractivity contribution in [3.05, 3.63) is 47.3 Å². The van der Waals surface area contributed by atoms with E-state index in [0.717, 1.165) is 40.8 Å². The number of aromatic nitrogens is 2. The molecule has 0 fully saturated rings. The van der Waals surface area contributed by atoms with E-state index in [2.05, 4.69) is 15.3 Å². The summed E-state index contributed by atoms with van der Waals surface area (Å²) in [6.45, 7) is 7.56. The predicted octanol–water partition coefficient (Wildman–Crippen LogP) is 5.05. The van der Waals surface area contributed by atoms with Crippen molar-refractivity contribution in [3.8, 4) is 0 Å². The van der Waals surface area contributed by atoms with Crippen LogP contribution in [0.5, 0.6) is 0 Å². The topological polar surface area (TPSA) is 54.9 Å². The molecule has 0 saturated heterocycles. The zero-order valence-electron chi connectivity index (χ0n) is 14.9. The van der Waals surface area contributed by atoms with Crippen molar-refractivity contribution in [1.29, 1.82) is 0 Å². The third-order valence-electron chi connectivity index (χ3n) is 3.75. The van der Waals surface area contributed by atoms with Gasteiger partial charge in [-0.05, 0) is 37.0 Å². The van der Waals surface area contributed by atoms with Gasteiger partial charge in [0.15, 0.2) is 5.16 Å². The quantitative estimate of drug-likeness (QED) is 0.580. The number of amides is 1. The number of carbonyl (C=O) groups is 1. The molecule has 2 rings (SSSR count). The number of rotatable bonds is 5. The van der Waals surface area contributed by atoms with E-state index in [1.165, 1.54) is 0 Å². The molecule has 0 saturated carbocycles. The Kier molecular flexibility index (Phi) is 6.28. The Bertz CT molecular complexity index is 793. The van der Waals surface area contributed by atoms with E-state index in [9.17, 15) is 18.0 Å². The van der Waals surface area contributed by atoms with Crippen LogP contribution in [-0.4, -0.2) is 21.1 Å². The van der Waals surface area contributed by atoms with Crippen LogP contribution in [-0.2, 0) is 11.0 Å². The lowest BCUT2D eigenvalue weighted by Crippen LogP contribution is -2.24. The van der Waals surface area contributed by atoms with Crippen LogP contribution in [0, 0.1) is 6.92 Å². The molecule has 0 spiro atoms. The summed E-state index contributed by atoms with van der Waals surface area (Å²) in [4.78, 5) is 19.8.